The number of hydrogen-bond donors (Lipinski definition) is 1. The molecule has 3 unspecified atom stereocenters. The quantitative estimate of drug-likeness (QED) is 0.918. The predicted octanol–water partition coefficient (Wildman–Crippen LogP) is 1.74. The number of ether oxygens (including phenoxy) is 2. The summed E-state index contributed by atoms with van der Waals surface area (Å²) in [5, 5.41) is 5.12. The van der Waals surface area contributed by atoms with Gasteiger partial charge in [0.05, 0.1) is 31.8 Å². The van der Waals surface area contributed by atoms with E-state index < -0.39 is 0 Å². The fourth-order valence-corrected chi connectivity index (χ4v) is 3.55. The zero-order valence-corrected chi connectivity index (χ0v) is 11.7. The third-order valence-corrected chi connectivity index (χ3v) is 4.63. The molecule has 0 radical (unpaired) electrons. The van der Waals surface area contributed by atoms with Crippen LogP contribution in [0.1, 0.15) is 24.1 Å². The van der Waals surface area contributed by atoms with Gasteiger partial charge in [-0.3, -0.25) is 4.79 Å². The molecule has 2 fully saturated rings. The number of carbonyl (C=O) groups excluding carboxylic acids is 1. The molecule has 104 valence electrons. The Morgan fingerprint density at radius 2 is 2.16 bits per heavy atom. The van der Waals surface area contributed by atoms with Crippen LogP contribution in [0, 0.1) is 0 Å². The van der Waals surface area contributed by atoms with Gasteiger partial charge in [0.15, 0.2) is 0 Å². The summed E-state index contributed by atoms with van der Waals surface area (Å²) < 4.78 is 11.4. The second-order valence-corrected chi connectivity index (χ2v) is 6.18. The molecule has 1 saturated carbocycles. The number of rotatable bonds is 3. The average molecular weight is 281 g/mol. The molecule has 19 heavy (non-hydrogen) atoms. The van der Waals surface area contributed by atoms with Gasteiger partial charge in [-0.1, -0.05) is 6.07 Å². The van der Waals surface area contributed by atoms with Crippen LogP contribution in [0.2, 0.25) is 0 Å². The first-order valence-electron chi connectivity index (χ1n) is 6.86. The van der Waals surface area contributed by atoms with E-state index in [-0.39, 0.29) is 24.2 Å². The summed E-state index contributed by atoms with van der Waals surface area (Å²) in [5.41, 5.74) is 0. The molecule has 3 atom stereocenters. The lowest BCUT2D eigenvalue weighted by molar-refractivity contribution is -0.158. The van der Waals surface area contributed by atoms with Crippen molar-refractivity contribution in [2.45, 2.75) is 43.9 Å². The monoisotopic (exact) mass is 281 g/mol. The van der Waals surface area contributed by atoms with Crippen LogP contribution < -0.4 is 5.32 Å². The van der Waals surface area contributed by atoms with Gasteiger partial charge in [0, 0.05) is 10.9 Å². The van der Waals surface area contributed by atoms with Crippen molar-refractivity contribution in [2.24, 2.45) is 0 Å². The SMILES string of the molecule is O=C(Cc1cccs1)NC1CCC2OCCOC2C1. The summed E-state index contributed by atoms with van der Waals surface area (Å²) >= 11 is 1.63. The lowest BCUT2D eigenvalue weighted by Crippen LogP contribution is -2.49. The van der Waals surface area contributed by atoms with Crippen LogP contribution in [0.3, 0.4) is 0 Å². The molecule has 1 saturated heterocycles. The van der Waals surface area contributed by atoms with Crippen LogP contribution in [0.15, 0.2) is 17.5 Å². The molecule has 1 amide bonds. The molecule has 5 heteroatoms. The van der Waals surface area contributed by atoms with E-state index in [0.29, 0.717) is 19.6 Å². The van der Waals surface area contributed by atoms with Crippen LogP contribution in [0.5, 0.6) is 0 Å². The number of fused-ring (bicyclic) bond motifs is 1. The van der Waals surface area contributed by atoms with Gasteiger partial charge in [-0.05, 0) is 30.7 Å². The molecule has 4 nitrogen and oxygen atoms in total. The van der Waals surface area contributed by atoms with E-state index in [0.717, 1.165) is 24.1 Å². The molecular formula is C14H19NO3S. The zero-order valence-electron chi connectivity index (χ0n) is 10.8. The second kappa shape index (κ2) is 6.03. The van der Waals surface area contributed by atoms with Crippen molar-refractivity contribution >= 4 is 17.2 Å². The van der Waals surface area contributed by atoms with Gasteiger partial charge >= 0.3 is 0 Å². The Morgan fingerprint density at radius 3 is 2.95 bits per heavy atom. The minimum Gasteiger partial charge on any atom is -0.373 e. The van der Waals surface area contributed by atoms with Crippen LogP contribution in [-0.2, 0) is 20.7 Å². The van der Waals surface area contributed by atoms with Gasteiger partial charge in [-0.15, -0.1) is 11.3 Å². The molecule has 2 heterocycles. The average Bonchev–Trinajstić information content (AvgIpc) is 2.91. The largest absolute Gasteiger partial charge is 0.373 e. The van der Waals surface area contributed by atoms with Crippen LogP contribution in [0.25, 0.3) is 0 Å². The molecule has 3 rings (SSSR count). The van der Waals surface area contributed by atoms with E-state index in [4.69, 9.17) is 9.47 Å². The lowest BCUT2D eigenvalue weighted by Gasteiger charge is -2.39. The van der Waals surface area contributed by atoms with Crippen molar-refractivity contribution in [3.05, 3.63) is 22.4 Å². The third kappa shape index (κ3) is 3.35. The van der Waals surface area contributed by atoms with Crippen molar-refractivity contribution in [3.63, 3.8) is 0 Å². The van der Waals surface area contributed by atoms with Crippen molar-refractivity contribution < 1.29 is 14.3 Å². The molecule has 1 aliphatic heterocycles. The highest BCUT2D eigenvalue weighted by molar-refractivity contribution is 7.10. The second-order valence-electron chi connectivity index (χ2n) is 5.15. The summed E-state index contributed by atoms with van der Waals surface area (Å²) in [6.45, 7) is 1.38. The maximum absolute atomic E-state index is 12.0. The Bertz CT molecular complexity index is 420. The van der Waals surface area contributed by atoms with Gasteiger partial charge in [0.25, 0.3) is 0 Å². The van der Waals surface area contributed by atoms with Crippen molar-refractivity contribution in [1.82, 2.24) is 5.32 Å². The zero-order chi connectivity index (χ0) is 13.1. The van der Waals surface area contributed by atoms with Gasteiger partial charge < -0.3 is 14.8 Å². The molecular weight excluding hydrogens is 262 g/mol. The highest BCUT2D eigenvalue weighted by Crippen LogP contribution is 2.26. The van der Waals surface area contributed by atoms with E-state index in [1.165, 1.54) is 0 Å². The lowest BCUT2D eigenvalue weighted by atomic mass is 9.89. The maximum Gasteiger partial charge on any atom is 0.225 e. The molecule has 1 aromatic rings. The van der Waals surface area contributed by atoms with Gasteiger partial charge in [0.1, 0.15) is 0 Å². The van der Waals surface area contributed by atoms with Crippen LogP contribution in [-0.4, -0.2) is 37.4 Å². The van der Waals surface area contributed by atoms with Crippen LogP contribution in [0.4, 0.5) is 0 Å². The first kappa shape index (κ1) is 13.1. The predicted molar refractivity (Wildman–Crippen MR) is 73.3 cm³/mol. The maximum atomic E-state index is 12.0. The van der Waals surface area contributed by atoms with Crippen molar-refractivity contribution in [1.29, 1.82) is 0 Å². The highest BCUT2D eigenvalue weighted by Gasteiger charge is 2.34. The normalized spacial score (nSPS) is 30.6. The fourth-order valence-electron chi connectivity index (χ4n) is 2.85. The molecule has 2 aliphatic rings. The Morgan fingerprint density at radius 1 is 1.32 bits per heavy atom. The molecule has 1 N–H and O–H groups in total. The summed E-state index contributed by atoms with van der Waals surface area (Å²) in [7, 11) is 0. The topological polar surface area (TPSA) is 47.6 Å². The smallest absolute Gasteiger partial charge is 0.225 e. The molecule has 1 aliphatic carbocycles. The summed E-state index contributed by atoms with van der Waals surface area (Å²) in [4.78, 5) is 13.1. The summed E-state index contributed by atoms with van der Waals surface area (Å²) in [5.74, 6) is 0.114. The Hall–Kier alpha value is -0.910. The van der Waals surface area contributed by atoms with E-state index in [1.54, 1.807) is 11.3 Å². The molecule has 0 spiro atoms. The summed E-state index contributed by atoms with van der Waals surface area (Å²) in [6.07, 6.45) is 3.73. The fraction of sp³-hybridized carbons (Fsp3) is 0.643. The van der Waals surface area contributed by atoms with E-state index in [2.05, 4.69) is 5.32 Å². The van der Waals surface area contributed by atoms with Crippen molar-refractivity contribution in [3.8, 4) is 0 Å². The molecule has 0 aromatic carbocycles. The number of amides is 1. The van der Waals surface area contributed by atoms with Crippen LogP contribution >= 0.6 is 11.3 Å². The van der Waals surface area contributed by atoms with E-state index >= 15 is 0 Å². The van der Waals surface area contributed by atoms with E-state index in [1.807, 2.05) is 17.5 Å². The molecule has 1 aromatic heterocycles. The first-order valence-corrected chi connectivity index (χ1v) is 7.74. The Balaban J connectivity index is 1.49. The van der Waals surface area contributed by atoms with Gasteiger partial charge in [-0.25, -0.2) is 0 Å². The minimum atomic E-state index is 0.114. The van der Waals surface area contributed by atoms with Crippen molar-refractivity contribution in [2.75, 3.05) is 13.2 Å². The highest BCUT2D eigenvalue weighted by atomic mass is 32.1. The Kier molecular flexibility index (Phi) is 4.15. The first-order chi connectivity index (χ1) is 9.31. The minimum absolute atomic E-state index is 0.114. The number of thiophene rings is 1. The summed E-state index contributed by atoms with van der Waals surface area (Å²) in [6, 6.07) is 4.21. The van der Waals surface area contributed by atoms with E-state index in [9.17, 15) is 4.79 Å². The third-order valence-electron chi connectivity index (χ3n) is 3.76. The number of carbonyl (C=O) groups is 1. The molecule has 0 bridgehead atoms. The van der Waals surface area contributed by atoms with Gasteiger partial charge in [-0.2, -0.15) is 0 Å². The standard InChI is InChI=1S/C14H19NO3S/c16-14(9-11-2-1-7-19-11)15-10-3-4-12-13(8-10)18-6-5-17-12/h1-2,7,10,12-13H,3-6,8-9H2,(H,15,16). The van der Waals surface area contributed by atoms with Gasteiger partial charge in [0.2, 0.25) is 5.91 Å². The number of hydrogen-bond acceptors (Lipinski definition) is 4. The number of nitrogens with one attached hydrogen (secondary N) is 1. The Labute approximate surface area is 117 Å².